The third-order valence-electron chi connectivity index (χ3n) is 4.06. The van der Waals surface area contributed by atoms with Gasteiger partial charge in [-0.3, -0.25) is 0 Å². The summed E-state index contributed by atoms with van der Waals surface area (Å²) in [5, 5.41) is 8.00. The molecule has 0 radical (unpaired) electrons. The molecular formula is C15H22N4O. The second-order valence-electron chi connectivity index (χ2n) is 6.12. The molecule has 3 rings (SSSR count). The summed E-state index contributed by atoms with van der Waals surface area (Å²) < 4.78 is 4.90. The van der Waals surface area contributed by atoms with Crippen molar-refractivity contribution >= 4 is 22.4 Å². The van der Waals surface area contributed by atoms with Gasteiger partial charge in [0.2, 0.25) is 0 Å². The first-order valence-electron chi connectivity index (χ1n) is 7.44. The number of hydrogen-bond donors (Lipinski definition) is 1. The maximum absolute atomic E-state index is 5.94. The lowest BCUT2D eigenvalue weighted by Crippen LogP contribution is -2.36. The lowest BCUT2D eigenvalue weighted by molar-refractivity contribution is 0.315. The molecule has 2 aromatic rings. The van der Waals surface area contributed by atoms with Crippen molar-refractivity contribution in [3.63, 3.8) is 0 Å². The van der Waals surface area contributed by atoms with Gasteiger partial charge in [0, 0.05) is 12.6 Å². The second-order valence-corrected chi connectivity index (χ2v) is 6.12. The zero-order valence-electron chi connectivity index (χ0n) is 12.2. The van der Waals surface area contributed by atoms with Crippen LogP contribution in [0.1, 0.15) is 39.5 Å². The number of hydrogen-bond acceptors (Lipinski definition) is 5. The van der Waals surface area contributed by atoms with E-state index >= 15 is 0 Å². The molecule has 0 bridgehead atoms. The Hall–Kier alpha value is -1.78. The fraction of sp³-hybridized carbons (Fsp3) is 0.600. The Balaban J connectivity index is 2.03. The fourth-order valence-electron chi connectivity index (χ4n) is 3.16. The Kier molecular flexibility index (Phi) is 3.51. The molecular weight excluding hydrogens is 252 g/mol. The predicted octanol–water partition coefficient (Wildman–Crippen LogP) is 3.21. The summed E-state index contributed by atoms with van der Waals surface area (Å²) in [5.74, 6) is 0.600. The number of nitrogens with zero attached hydrogens (tertiary/aromatic N) is 3. The number of rotatable bonds is 4. The largest absolute Gasteiger partial charge is 0.397 e. The highest BCUT2D eigenvalue weighted by molar-refractivity contribution is 5.95. The number of nitrogen functional groups attached to an aromatic ring is 1. The molecule has 0 unspecified atom stereocenters. The maximum atomic E-state index is 5.94. The second kappa shape index (κ2) is 5.31. The Morgan fingerprint density at radius 3 is 2.65 bits per heavy atom. The fourth-order valence-corrected chi connectivity index (χ4v) is 3.16. The van der Waals surface area contributed by atoms with Crippen molar-refractivity contribution in [1.29, 1.82) is 0 Å². The van der Waals surface area contributed by atoms with Crippen LogP contribution in [0.15, 0.2) is 16.8 Å². The minimum atomic E-state index is 0.598. The van der Waals surface area contributed by atoms with Crippen molar-refractivity contribution in [3.05, 3.63) is 12.1 Å². The van der Waals surface area contributed by atoms with Crippen LogP contribution in [-0.4, -0.2) is 22.9 Å². The highest BCUT2D eigenvalue weighted by Gasteiger charge is 2.26. The number of fused-ring (bicyclic) bond motifs is 1. The van der Waals surface area contributed by atoms with Gasteiger partial charge in [0.15, 0.2) is 11.0 Å². The maximum Gasteiger partial charge on any atom is 0.160 e. The van der Waals surface area contributed by atoms with E-state index in [1.807, 2.05) is 6.07 Å². The summed E-state index contributed by atoms with van der Waals surface area (Å²) in [4.78, 5) is 2.48. The van der Waals surface area contributed by atoms with Crippen molar-refractivity contribution in [3.8, 4) is 0 Å². The third kappa shape index (κ3) is 2.32. The molecule has 0 spiro atoms. The molecule has 1 aromatic carbocycles. The predicted molar refractivity (Wildman–Crippen MR) is 80.7 cm³/mol. The van der Waals surface area contributed by atoms with Gasteiger partial charge in [-0.2, -0.15) is 0 Å². The molecule has 1 saturated carbocycles. The van der Waals surface area contributed by atoms with Crippen molar-refractivity contribution < 1.29 is 4.63 Å². The molecule has 0 atom stereocenters. The molecule has 1 aromatic heterocycles. The van der Waals surface area contributed by atoms with Gasteiger partial charge in [0.25, 0.3) is 0 Å². The van der Waals surface area contributed by atoms with Gasteiger partial charge < -0.3 is 10.6 Å². The molecule has 0 aliphatic heterocycles. The first-order chi connectivity index (χ1) is 9.66. The quantitative estimate of drug-likeness (QED) is 0.867. The summed E-state index contributed by atoms with van der Waals surface area (Å²) in [6.45, 7) is 5.52. The van der Waals surface area contributed by atoms with Gasteiger partial charge in [-0.1, -0.05) is 26.7 Å². The molecule has 1 fully saturated rings. The molecule has 5 heteroatoms. The van der Waals surface area contributed by atoms with Crippen molar-refractivity contribution in [2.75, 3.05) is 17.2 Å². The molecule has 2 N–H and O–H groups in total. The molecule has 20 heavy (non-hydrogen) atoms. The summed E-state index contributed by atoms with van der Waals surface area (Å²) in [5.41, 5.74) is 9.14. The first-order valence-corrected chi connectivity index (χ1v) is 7.44. The topological polar surface area (TPSA) is 68.2 Å². The standard InChI is InChI=1S/C15H22N4O/c1-10(2)9-19(11-5-3-4-6-11)13-8-7-12(16)14-15(13)18-20-17-14/h7-8,10-11H,3-6,9,16H2,1-2H3. The van der Waals surface area contributed by atoms with Gasteiger partial charge in [-0.25, -0.2) is 4.63 Å². The highest BCUT2D eigenvalue weighted by Crippen LogP contribution is 2.34. The van der Waals surface area contributed by atoms with E-state index in [-0.39, 0.29) is 0 Å². The van der Waals surface area contributed by atoms with Gasteiger partial charge in [-0.15, -0.1) is 0 Å². The van der Waals surface area contributed by atoms with E-state index in [1.165, 1.54) is 25.7 Å². The van der Waals surface area contributed by atoms with Crippen molar-refractivity contribution in [2.45, 2.75) is 45.6 Å². The summed E-state index contributed by atoms with van der Waals surface area (Å²) >= 11 is 0. The Labute approximate surface area is 119 Å². The van der Waals surface area contributed by atoms with E-state index < -0.39 is 0 Å². The van der Waals surface area contributed by atoms with E-state index in [1.54, 1.807) is 0 Å². The minimum Gasteiger partial charge on any atom is -0.397 e. The lowest BCUT2D eigenvalue weighted by atomic mass is 10.1. The number of nitrogens with two attached hydrogens (primary N) is 1. The van der Waals surface area contributed by atoms with Crippen LogP contribution in [0.25, 0.3) is 11.0 Å². The number of aromatic nitrogens is 2. The first kappa shape index (κ1) is 13.2. The van der Waals surface area contributed by atoms with Crippen LogP contribution in [0.2, 0.25) is 0 Å². The Morgan fingerprint density at radius 1 is 1.25 bits per heavy atom. The Bertz CT molecular complexity index is 587. The highest BCUT2D eigenvalue weighted by atomic mass is 16.6. The van der Waals surface area contributed by atoms with Crippen LogP contribution in [0.4, 0.5) is 11.4 Å². The molecule has 1 aliphatic carbocycles. The van der Waals surface area contributed by atoms with Crippen LogP contribution >= 0.6 is 0 Å². The smallest absolute Gasteiger partial charge is 0.160 e. The average Bonchev–Trinajstić information content (AvgIpc) is 3.08. The molecule has 0 amide bonds. The molecule has 108 valence electrons. The monoisotopic (exact) mass is 274 g/mol. The molecule has 5 nitrogen and oxygen atoms in total. The van der Waals surface area contributed by atoms with Crippen molar-refractivity contribution in [2.24, 2.45) is 5.92 Å². The SMILES string of the molecule is CC(C)CN(c1ccc(N)c2nonc12)C1CCCC1. The molecule has 1 heterocycles. The van der Waals surface area contributed by atoms with Crippen LogP contribution in [-0.2, 0) is 0 Å². The van der Waals surface area contributed by atoms with E-state index in [9.17, 15) is 0 Å². The number of anilines is 2. The number of benzene rings is 1. The van der Waals surface area contributed by atoms with E-state index in [0.717, 1.165) is 17.7 Å². The molecule has 0 saturated heterocycles. The van der Waals surface area contributed by atoms with Crippen LogP contribution in [0, 0.1) is 5.92 Å². The van der Waals surface area contributed by atoms with Crippen LogP contribution < -0.4 is 10.6 Å². The zero-order chi connectivity index (χ0) is 14.1. The summed E-state index contributed by atoms with van der Waals surface area (Å²) in [7, 11) is 0. The van der Waals surface area contributed by atoms with Gasteiger partial charge >= 0.3 is 0 Å². The Morgan fingerprint density at radius 2 is 1.95 bits per heavy atom. The van der Waals surface area contributed by atoms with Gasteiger partial charge in [0.1, 0.15) is 0 Å². The molecule has 1 aliphatic rings. The van der Waals surface area contributed by atoms with E-state index in [2.05, 4.69) is 35.1 Å². The van der Waals surface area contributed by atoms with E-state index in [0.29, 0.717) is 23.2 Å². The van der Waals surface area contributed by atoms with Gasteiger partial charge in [0.05, 0.1) is 11.4 Å². The average molecular weight is 274 g/mol. The lowest BCUT2D eigenvalue weighted by Gasteiger charge is -2.32. The van der Waals surface area contributed by atoms with Crippen molar-refractivity contribution in [1.82, 2.24) is 10.3 Å². The van der Waals surface area contributed by atoms with Gasteiger partial charge in [-0.05, 0) is 41.2 Å². The summed E-state index contributed by atoms with van der Waals surface area (Å²) in [6, 6.07) is 4.56. The normalized spacial score (nSPS) is 16.4. The summed E-state index contributed by atoms with van der Waals surface area (Å²) in [6.07, 6.45) is 5.14. The van der Waals surface area contributed by atoms with Crippen LogP contribution in [0.3, 0.4) is 0 Å². The van der Waals surface area contributed by atoms with Crippen LogP contribution in [0.5, 0.6) is 0 Å². The van der Waals surface area contributed by atoms with E-state index in [4.69, 9.17) is 10.4 Å². The third-order valence-corrected chi connectivity index (χ3v) is 4.06. The zero-order valence-corrected chi connectivity index (χ0v) is 12.2. The minimum absolute atomic E-state index is 0.598.